The van der Waals surface area contributed by atoms with Gasteiger partial charge in [-0.1, -0.05) is 18.2 Å². The lowest BCUT2D eigenvalue weighted by Crippen LogP contribution is -2.40. The van der Waals surface area contributed by atoms with E-state index >= 15 is 0 Å². The Labute approximate surface area is 141 Å². The van der Waals surface area contributed by atoms with Gasteiger partial charge in [-0.25, -0.2) is 0 Å². The highest BCUT2D eigenvalue weighted by Gasteiger charge is 2.40. The van der Waals surface area contributed by atoms with Gasteiger partial charge < -0.3 is 15.4 Å². The molecule has 2 atom stereocenters. The van der Waals surface area contributed by atoms with Crippen LogP contribution in [0.15, 0.2) is 36.3 Å². The zero-order valence-electron chi connectivity index (χ0n) is 14.0. The summed E-state index contributed by atoms with van der Waals surface area (Å²) < 4.78 is 1.79. The Morgan fingerprint density at radius 3 is 2.75 bits per heavy atom. The summed E-state index contributed by atoms with van der Waals surface area (Å²) in [5, 5.41) is 4.28. The van der Waals surface area contributed by atoms with Crippen molar-refractivity contribution < 1.29 is 4.79 Å². The smallest absolute Gasteiger partial charge is 0.147 e. The van der Waals surface area contributed by atoms with Crippen molar-refractivity contribution in [1.29, 1.82) is 0 Å². The zero-order chi connectivity index (χ0) is 16.8. The van der Waals surface area contributed by atoms with Gasteiger partial charge in [-0.2, -0.15) is 5.10 Å². The third-order valence-corrected chi connectivity index (χ3v) is 4.89. The number of carbonyl (C=O) groups excluding carboxylic acids is 1. The minimum Gasteiger partial charge on any atom is -0.357 e. The van der Waals surface area contributed by atoms with Gasteiger partial charge in [0.05, 0.1) is 6.20 Å². The summed E-state index contributed by atoms with van der Waals surface area (Å²) in [7, 11) is 1.90. The monoisotopic (exact) mass is 322 g/mol. The lowest BCUT2D eigenvalue weighted by Gasteiger charge is -2.39. The van der Waals surface area contributed by atoms with E-state index < -0.39 is 0 Å². The second-order valence-corrected chi connectivity index (χ2v) is 6.79. The highest BCUT2D eigenvalue weighted by atomic mass is 16.1. The number of fused-ring (bicyclic) bond motifs is 1. The number of hydrogen-bond donors (Lipinski definition) is 1. The number of aryl methyl sites for hydroxylation is 1. The minimum atomic E-state index is -0.282. The quantitative estimate of drug-likeness (QED) is 0.879. The molecule has 1 fully saturated rings. The van der Waals surface area contributed by atoms with Crippen molar-refractivity contribution >= 4 is 12.4 Å². The average molecular weight is 322 g/mol. The SMILES string of the molecule is CC(N)C1=Cc2cccc(-c3cnn(C)c3)c2[C@@H](C=O)N1C1CC1. The molecule has 0 bridgehead atoms. The zero-order valence-corrected chi connectivity index (χ0v) is 14.0. The second-order valence-electron chi connectivity index (χ2n) is 6.79. The molecule has 1 aliphatic heterocycles. The largest absolute Gasteiger partial charge is 0.357 e. The van der Waals surface area contributed by atoms with Crippen LogP contribution >= 0.6 is 0 Å². The van der Waals surface area contributed by atoms with Crippen LogP contribution in [0.25, 0.3) is 17.2 Å². The first-order chi connectivity index (χ1) is 11.6. The van der Waals surface area contributed by atoms with E-state index in [9.17, 15) is 4.79 Å². The predicted molar refractivity (Wildman–Crippen MR) is 93.9 cm³/mol. The molecule has 5 heteroatoms. The summed E-state index contributed by atoms with van der Waals surface area (Å²) in [5.74, 6) is 0. The van der Waals surface area contributed by atoms with Gasteiger partial charge in [0.2, 0.25) is 0 Å². The maximum absolute atomic E-state index is 12.1. The first-order valence-electron chi connectivity index (χ1n) is 8.43. The molecule has 0 amide bonds. The number of aromatic nitrogens is 2. The molecule has 2 aromatic rings. The van der Waals surface area contributed by atoms with Gasteiger partial charge in [0.25, 0.3) is 0 Å². The summed E-state index contributed by atoms with van der Waals surface area (Å²) in [6, 6.07) is 6.22. The van der Waals surface area contributed by atoms with E-state index in [-0.39, 0.29) is 12.1 Å². The van der Waals surface area contributed by atoms with Crippen LogP contribution in [-0.4, -0.2) is 33.1 Å². The van der Waals surface area contributed by atoms with E-state index in [1.54, 1.807) is 4.68 Å². The molecule has 2 N–H and O–H groups in total. The van der Waals surface area contributed by atoms with E-state index in [0.717, 1.165) is 47.1 Å². The number of hydrogen-bond acceptors (Lipinski definition) is 4. The summed E-state index contributed by atoms with van der Waals surface area (Å²) >= 11 is 0. The standard InChI is InChI=1S/C19H22N4O/c1-12(20)17-8-13-4-3-5-16(14-9-21-22(2)10-14)19(13)18(11-24)23(17)15-6-7-15/h3-5,8-12,15,18H,6-7,20H2,1-2H3/t12?,18-/m1/s1. The Hall–Kier alpha value is -2.40. The summed E-state index contributed by atoms with van der Waals surface area (Å²) in [6.45, 7) is 1.99. The Bertz CT molecular complexity index is 817. The maximum atomic E-state index is 12.1. The van der Waals surface area contributed by atoms with Gasteiger partial charge >= 0.3 is 0 Å². The lowest BCUT2D eigenvalue weighted by molar-refractivity contribution is -0.112. The van der Waals surface area contributed by atoms with E-state index in [0.29, 0.717) is 6.04 Å². The molecule has 4 rings (SSSR count). The molecular formula is C19H22N4O. The number of aldehydes is 1. The molecular weight excluding hydrogens is 300 g/mol. The van der Waals surface area contributed by atoms with Crippen molar-refractivity contribution in [3.63, 3.8) is 0 Å². The second kappa shape index (κ2) is 5.60. The molecule has 1 unspecified atom stereocenters. The van der Waals surface area contributed by atoms with Crippen LogP contribution < -0.4 is 5.73 Å². The van der Waals surface area contributed by atoms with Crippen molar-refractivity contribution in [2.24, 2.45) is 12.8 Å². The molecule has 124 valence electrons. The third-order valence-electron chi connectivity index (χ3n) is 4.89. The van der Waals surface area contributed by atoms with Crippen molar-refractivity contribution in [2.75, 3.05) is 0 Å². The Balaban J connectivity index is 1.93. The highest BCUT2D eigenvalue weighted by Crippen LogP contribution is 2.45. The molecule has 1 saturated carbocycles. The van der Waals surface area contributed by atoms with Gasteiger partial charge in [0.1, 0.15) is 12.3 Å². The van der Waals surface area contributed by atoms with Crippen molar-refractivity contribution in [2.45, 2.75) is 37.9 Å². The van der Waals surface area contributed by atoms with Crippen LogP contribution in [0, 0.1) is 0 Å². The molecule has 1 aromatic carbocycles. The Kier molecular flexibility index (Phi) is 3.53. The molecule has 2 aliphatic rings. The van der Waals surface area contributed by atoms with Crippen molar-refractivity contribution in [1.82, 2.24) is 14.7 Å². The first kappa shape index (κ1) is 15.1. The Morgan fingerprint density at radius 2 is 2.17 bits per heavy atom. The van der Waals surface area contributed by atoms with Crippen LogP contribution in [0.2, 0.25) is 0 Å². The van der Waals surface area contributed by atoms with Crippen LogP contribution in [0.1, 0.15) is 36.9 Å². The van der Waals surface area contributed by atoms with Gasteiger partial charge in [-0.05, 0) is 42.5 Å². The van der Waals surface area contributed by atoms with E-state index in [4.69, 9.17) is 5.73 Å². The van der Waals surface area contributed by atoms with E-state index in [1.807, 2.05) is 32.4 Å². The molecule has 5 nitrogen and oxygen atoms in total. The van der Waals surface area contributed by atoms with Crippen molar-refractivity contribution in [3.8, 4) is 11.1 Å². The predicted octanol–water partition coefficient (Wildman–Crippen LogP) is 2.49. The molecule has 0 spiro atoms. The molecule has 1 aliphatic carbocycles. The normalized spacial score (nSPS) is 21.2. The lowest BCUT2D eigenvalue weighted by atomic mass is 9.87. The first-order valence-corrected chi connectivity index (χ1v) is 8.43. The van der Waals surface area contributed by atoms with Crippen molar-refractivity contribution in [3.05, 3.63) is 47.4 Å². The fourth-order valence-electron chi connectivity index (χ4n) is 3.68. The average Bonchev–Trinajstić information content (AvgIpc) is 3.33. The number of nitrogens with two attached hydrogens (primary N) is 1. The maximum Gasteiger partial charge on any atom is 0.147 e. The molecule has 24 heavy (non-hydrogen) atoms. The number of rotatable bonds is 4. The topological polar surface area (TPSA) is 64.1 Å². The number of benzene rings is 1. The third kappa shape index (κ3) is 2.36. The van der Waals surface area contributed by atoms with Gasteiger partial charge in [-0.15, -0.1) is 0 Å². The minimum absolute atomic E-state index is 0.0942. The summed E-state index contributed by atoms with van der Waals surface area (Å²) in [4.78, 5) is 14.3. The molecule has 0 saturated heterocycles. The summed E-state index contributed by atoms with van der Waals surface area (Å²) in [5.41, 5.74) is 11.5. The highest BCUT2D eigenvalue weighted by molar-refractivity contribution is 5.81. The molecule has 0 radical (unpaired) electrons. The Morgan fingerprint density at radius 1 is 1.38 bits per heavy atom. The summed E-state index contributed by atoms with van der Waals surface area (Å²) in [6.07, 6.45) is 9.30. The fourth-order valence-corrected chi connectivity index (χ4v) is 3.68. The van der Waals surface area contributed by atoms with Crippen LogP contribution in [0.4, 0.5) is 0 Å². The van der Waals surface area contributed by atoms with Crippen LogP contribution in [0.3, 0.4) is 0 Å². The number of carbonyl (C=O) groups is 1. The van der Waals surface area contributed by atoms with Crippen LogP contribution in [0.5, 0.6) is 0 Å². The number of nitrogens with zero attached hydrogens (tertiary/aromatic N) is 3. The molecule has 1 aromatic heterocycles. The van der Waals surface area contributed by atoms with Crippen LogP contribution in [-0.2, 0) is 11.8 Å². The van der Waals surface area contributed by atoms with Gasteiger partial charge in [0, 0.05) is 36.6 Å². The van der Waals surface area contributed by atoms with E-state index in [1.165, 1.54) is 0 Å². The van der Waals surface area contributed by atoms with Gasteiger partial charge in [-0.3, -0.25) is 4.68 Å². The fraction of sp³-hybridized carbons (Fsp3) is 0.368. The van der Waals surface area contributed by atoms with E-state index in [2.05, 4.69) is 28.2 Å². The molecule has 2 heterocycles. The van der Waals surface area contributed by atoms with Gasteiger partial charge in [0.15, 0.2) is 0 Å².